The quantitative estimate of drug-likeness (QED) is 0.877. The molecule has 0 amide bonds. The van der Waals surface area contributed by atoms with Crippen LogP contribution >= 0.6 is 0 Å². The highest BCUT2D eigenvalue weighted by molar-refractivity contribution is 5.86. The third-order valence-electron chi connectivity index (χ3n) is 3.02. The minimum absolute atomic E-state index is 0.0744. The van der Waals surface area contributed by atoms with Crippen molar-refractivity contribution in [3.05, 3.63) is 41.1 Å². The number of aromatic nitrogens is 1. The van der Waals surface area contributed by atoms with Gasteiger partial charge >= 0.3 is 5.97 Å². The number of ether oxygens (including phenoxy) is 1. The molecule has 0 unspecified atom stereocenters. The Morgan fingerprint density at radius 2 is 2.28 bits per heavy atom. The predicted octanol–water partition coefficient (Wildman–Crippen LogP) is 2.11. The van der Waals surface area contributed by atoms with E-state index in [1.54, 1.807) is 0 Å². The fourth-order valence-corrected chi connectivity index (χ4v) is 2.16. The minimum Gasteiger partial charge on any atom is -0.476 e. The molecule has 18 heavy (non-hydrogen) atoms. The molecule has 92 valence electrons. The molecule has 2 aromatic rings. The molecule has 0 atom stereocenters. The Labute approximate surface area is 103 Å². The third-order valence-corrected chi connectivity index (χ3v) is 3.02. The number of hydrogen-bond donors (Lipinski definition) is 1. The van der Waals surface area contributed by atoms with Crippen LogP contribution in [0.2, 0.25) is 0 Å². The predicted molar refractivity (Wildman–Crippen MR) is 62.3 cm³/mol. The van der Waals surface area contributed by atoms with Gasteiger partial charge in [0.2, 0.25) is 0 Å². The van der Waals surface area contributed by atoms with Crippen molar-refractivity contribution in [2.24, 2.45) is 0 Å². The van der Waals surface area contributed by atoms with Gasteiger partial charge in [0.1, 0.15) is 0 Å². The lowest BCUT2D eigenvalue weighted by Crippen LogP contribution is -2.10. The summed E-state index contributed by atoms with van der Waals surface area (Å²) in [4.78, 5) is 10.8. The Morgan fingerprint density at radius 3 is 3.06 bits per heavy atom. The van der Waals surface area contributed by atoms with E-state index in [1.807, 2.05) is 18.2 Å². The number of carboxylic acid groups (broad SMARTS) is 1. The molecule has 1 N–H and O–H groups in total. The van der Waals surface area contributed by atoms with Gasteiger partial charge in [-0.05, 0) is 17.5 Å². The maximum Gasteiger partial charge on any atom is 0.358 e. The molecule has 0 aliphatic carbocycles. The average molecular weight is 245 g/mol. The second-order valence-electron chi connectivity index (χ2n) is 4.13. The van der Waals surface area contributed by atoms with Crippen molar-refractivity contribution in [2.75, 3.05) is 6.61 Å². The smallest absolute Gasteiger partial charge is 0.358 e. The van der Waals surface area contributed by atoms with Crippen LogP contribution in [0.15, 0.2) is 28.8 Å². The fourth-order valence-electron chi connectivity index (χ4n) is 2.16. The highest BCUT2D eigenvalue weighted by Gasteiger charge is 2.18. The maximum absolute atomic E-state index is 10.8. The van der Waals surface area contributed by atoms with Crippen molar-refractivity contribution < 1.29 is 19.2 Å². The molecule has 0 saturated heterocycles. The fraction of sp³-hybridized carbons (Fsp3) is 0.231. The molecule has 1 aliphatic rings. The van der Waals surface area contributed by atoms with Crippen LogP contribution in [-0.4, -0.2) is 22.8 Å². The molecular weight excluding hydrogens is 234 g/mol. The van der Waals surface area contributed by atoms with Crippen LogP contribution < -0.4 is 0 Å². The molecule has 0 fully saturated rings. The van der Waals surface area contributed by atoms with Gasteiger partial charge in [-0.3, -0.25) is 0 Å². The van der Waals surface area contributed by atoms with Crippen molar-refractivity contribution in [3.63, 3.8) is 0 Å². The van der Waals surface area contributed by atoms with Crippen LogP contribution in [-0.2, 0) is 17.8 Å². The Hall–Kier alpha value is -2.14. The topological polar surface area (TPSA) is 72.6 Å². The molecule has 3 rings (SSSR count). The molecule has 0 saturated carbocycles. The molecular formula is C13H11NO4. The van der Waals surface area contributed by atoms with Gasteiger partial charge in [0.25, 0.3) is 0 Å². The van der Waals surface area contributed by atoms with Gasteiger partial charge in [0.05, 0.1) is 13.2 Å². The first-order valence-corrected chi connectivity index (χ1v) is 5.64. The Balaban J connectivity index is 2.08. The number of hydrogen-bond acceptors (Lipinski definition) is 4. The van der Waals surface area contributed by atoms with E-state index in [0.717, 1.165) is 23.1 Å². The number of benzene rings is 1. The highest BCUT2D eigenvalue weighted by Crippen LogP contribution is 2.29. The number of fused-ring (bicyclic) bond motifs is 1. The second-order valence-corrected chi connectivity index (χ2v) is 4.13. The van der Waals surface area contributed by atoms with Crippen molar-refractivity contribution >= 4 is 5.97 Å². The van der Waals surface area contributed by atoms with Crippen LogP contribution in [0.25, 0.3) is 11.3 Å². The molecule has 2 heterocycles. The number of carbonyl (C=O) groups is 1. The minimum atomic E-state index is -1.09. The summed E-state index contributed by atoms with van der Waals surface area (Å²) >= 11 is 0. The summed E-state index contributed by atoms with van der Waals surface area (Å²) in [6, 6.07) is 7.28. The standard InChI is InChI=1S/C13H11NO4/c15-13(16)11-6-12(18-14-11)10-3-1-2-8-7-17-5-4-9(8)10/h1-3,6H,4-5,7H2,(H,15,16). The average Bonchev–Trinajstić information content (AvgIpc) is 2.87. The largest absolute Gasteiger partial charge is 0.476 e. The summed E-state index contributed by atoms with van der Waals surface area (Å²) in [5.74, 6) is -0.593. The van der Waals surface area contributed by atoms with Crippen molar-refractivity contribution in [1.29, 1.82) is 0 Å². The SMILES string of the molecule is O=C(O)c1cc(-c2cccc3c2CCOC3)on1. The number of nitrogens with zero attached hydrogens (tertiary/aromatic N) is 1. The molecule has 0 spiro atoms. The molecule has 0 bridgehead atoms. The number of rotatable bonds is 2. The van der Waals surface area contributed by atoms with Crippen LogP contribution in [0.4, 0.5) is 0 Å². The normalized spacial score (nSPS) is 14.2. The van der Waals surface area contributed by atoms with Gasteiger partial charge in [0, 0.05) is 11.6 Å². The van der Waals surface area contributed by atoms with E-state index in [4.69, 9.17) is 14.4 Å². The van der Waals surface area contributed by atoms with Crippen LogP contribution in [0, 0.1) is 0 Å². The zero-order valence-corrected chi connectivity index (χ0v) is 9.55. The highest BCUT2D eigenvalue weighted by atomic mass is 16.5. The number of carboxylic acids is 1. The summed E-state index contributed by atoms with van der Waals surface area (Å²) in [7, 11) is 0. The summed E-state index contributed by atoms with van der Waals surface area (Å²) in [6.07, 6.45) is 0.800. The number of aromatic carboxylic acids is 1. The lowest BCUT2D eigenvalue weighted by atomic mass is 9.96. The van der Waals surface area contributed by atoms with Gasteiger partial charge in [-0.25, -0.2) is 4.79 Å². The molecule has 1 aliphatic heterocycles. The van der Waals surface area contributed by atoms with E-state index in [2.05, 4.69) is 5.16 Å². The Morgan fingerprint density at radius 1 is 1.39 bits per heavy atom. The first kappa shape index (κ1) is 11.0. The zero-order valence-electron chi connectivity index (χ0n) is 9.55. The molecule has 1 aromatic heterocycles. The second kappa shape index (κ2) is 4.27. The summed E-state index contributed by atoms with van der Waals surface area (Å²) in [5, 5.41) is 12.4. The van der Waals surface area contributed by atoms with Crippen LogP contribution in [0.5, 0.6) is 0 Å². The zero-order chi connectivity index (χ0) is 12.5. The molecule has 5 heteroatoms. The van der Waals surface area contributed by atoms with Crippen molar-refractivity contribution in [1.82, 2.24) is 5.16 Å². The van der Waals surface area contributed by atoms with Gasteiger partial charge in [-0.2, -0.15) is 0 Å². The lowest BCUT2D eigenvalue weighted by molar-refractivity contribution is 0.0686. The summed E-state index contributed by atoms with van der Waals surface area (Å²) in [6.45, 7) is 1.26. The first-order valence-electron chi connectivity index (χ1n) is 5.64. The monoisotopic (exact) mass is 245 g/mol. The van der Waals surface area contributed by atoms with E-state index < -0.39 is 5.97 Å². The maximum atomic E-state index is 10.8. The lowest BCUT2D eigenvalue weighted by Gasteiger charge is -2.18. The van der Waals surface area contributed by atoms with E-state index in [1.165, 1.54) is 6.07 Å². The van der Waals surface area contributed by atoms with Gasteiger partial charge in [-0.1, -0.05) is 23.4 Å². The van der Waals surface area contributed by atoms with E-state index in [9.17, 15) is 4.79 Å². The van der Waals surface area contributed by atoms with E-state index in [-0.39, 0.29) is 5.69 Å². The van der Waals surface area contributed by atoms with Crippen LogP contribution in [0.1, 0.15) is 21.6 Å². The van der Waals surface area contributed by atoms with E-state index >= 15 is 0 Å². The molecule has 0 radical (unpaired) electrons. The third kappa shape index (κ3) is 1.78. The first-order chi connectivity index (χ1) is 8.75. The Bertz CT molecular complexity index is 603. The van der Waals surface area contributed by atoms with Crippen molar-refractivity contribution in [2.45, 2.75) is 13.0 Å². The van der Waals surface area contributed by atoms with Gasteiger partial charge < -0.3 is 14.4 Å². The summed E-state index contributed by atoms with van der Waals surface area (Å²) in [5.41, 5.74) is 3.09. The molecule has 5 nitrogen and oxygen atoms in total. The van der Waals surface area contributed by atoms with Gasteiger partial charge in [0.15, 0.2) is 11.5 Å². The van der Waals surface area contributed by atoms with E-state index in [0.29, 0.717) is 19.0 Å². The molecule has 1 aromatic carbocycles. The van der Waals surface area contributed by atoms with Gasteiger partial charge in [-0.15, -0.1) is 0 Å². The summed E-state index contributed by atoms with van der Waals surface area (Å²) < 4.78 is 10.5. The van der Waals surface area contributed by atoms with Crippen LogP contribution in [0.3, 0.4) is 0 Å². The van der Waals surface area contributed by atoms with Crippen molar-refractivity contribution in [3.8, 4) is 11.3 Å². The Kier molecular flexibility index (Phi) is 2.60.